The third-order valence-electron chi connectivity index (χ3n) is 7.61. The predicted octanol–water partition coefficient (Wildman–Crippen LogP) is 8.09. The third-order valence-corrected chi connectivity index (χ3v) is 7.61. The number of amides is 1. The van der Waals surface area contributed by atoms with E-state index in [-0.39, 0.29) is 11.8 Å². The number of allylic oxidation sites excluding steroid dienone is 2. The van der Waals surface area contributed by atoms with Gasteiger partial charge in [-0.25, -0.2) is 0 Å². The van der Waals surface area contributed by atoms with Crippen LogP contribution in [0.5, 0.6) is 5.75 Å². The number of hydrogen-bond acceptors (Lipinski definition) is 3. The van der Waals surface area contributed by atoms with Crippen LogP contribution in [0, 0.1) is 17.8 Å². The summed E-state index contributed by atoms with van der Waals surface area (Å²) in [5, 5.41) is 3.46. The van der Waals surface area contributed by atoms with E-state index in [2.05, 4.69) is 99.5 Å². The van der Waals surface area contributed by atoms with Crippen molar-refractivity contribution >= 4 is 17.3 Å². The van der Waals surface area contributed by atoms with Gasteiger partial charge in [-0.05, 0) is 54.2 Å². The maximum absolute atomic E-state index is 13.5. The Bertz CT molecular complexity index is 1280. The summed E-state index contributed by atoms with van der Waals surface area (Å²) in [6.07, 6.45) is 6.95. The molecule has 3 aromatic carbocycles. The summed E-state index contributed by atoms with van der Waals surface area (Å²) in [5.41, 5.74) is 4.03. The minimum atomic E-state index is -0.406. The van der Waals surface area contributed by atoms with Crippen LogP contribution >= 0.6 is 0 Å². The molecule has 1 aliphatic carbocycles. The van der Waals surface area contributed by atoms with Gasteiger partial charge in [0.05, 0.1) is 5.54 Å². The third kappa shape index (κ3) is 7.00. The van der Waals surface area contributed by atoms with E-state index in [0.717, 1.165) is 22.7 Å². The minimum Gasteiger partial charge on any atom is -0.489 e. The first-order valence-corrected chi connectivity index (χ1v) is 14.1. The molecule has 0 aliphatic heterocycles. The molecular weight excluding hydrogens is 480 g/mol. The Morgan fingerprint density at radius 3 is 2.26 bits per heavy atom. The van der Waals surface area contributed by atoms with Crippen molar-refractivity contribution in [3.8, 4) is 5.75 Å². The number of carbonyl (C=O) groups excluding carboxylic acids is 1. The van der Waals surface area contributed by atoms with E-state index in [1.54, 1.807) is 0 Å². The predicted molar refractivity (Wildman–Crippen MR) is 162 cm³/mol. The second-order valence-electron chi connectivity index (χ2n) is 11.2. The molecule has 4 rings (SSSR count). The molecule has 3 aromatic rings. The molecule has 1 N–H and O–H groups in total. The largest absolute Gasteiger partial charge is 0.489 e. The molecule has 0 radical (unpaired) electrons. The van der Waals surface area contributed by atoms with Gasteiger partial charge in [0, 0.05) is 36.3 Å². The average molecular weight is 523 g/mol. The van der Waals surface area contributed by atoms with Gasteiger partial charge in [0.2, 0.25) is 5.91 Å². The number of nitrogens with one attached hydrogen (secondary N) is 1. The number of hydrogen-bond donors (Lipinski definition) is 1. The molecule has 1 amide bonds. The molecule has 1 aliphatic rings. The van der Waals surface area contributed by atoms with Gasteiger partial charge in [-0.15, -0.1) is 0 Å². The highest BCUT2D eigenvalue weighted by atomic mass is 16.5. The maximum Gasteiger partial charge on any atom is 0.222 e. The van der Waals surface area contributed by atoms with E-state index >= 15 is 0 Å². The van der Waals surface area contributed by atoms with Gasteiger partial charge in [-0.3, -0.25) is 4.79 Å². The molecule has 0 saturated heterocycles. The van der Waals surface area contributed by atoms with Crippen molar-refractivity contribution in [2.24, 2.45) is 17.8 Å². The van der Waals surface area contributed by atoms with Crippen molar-refractivity contribution < 1.29 is 9.53 Å². The van der Waals surface area contributed by atoms with Crippen LogP contribution in [0.15, 0.2) is 109 Å². The van der Waals surface area contributed by atoms with Crippen molar-refractivity contribution in [1.82, 2.24) is 5.32 Å². The summed E-state index contributed by atoms with van der Waals surface area (Å²) in [4.78, 5) is 15.7. The lowest BCUT2D eigenvalue weighted by Gasteiger charge is -2.44. The normalized spacial score (nSPS) is 18.6. The molecule has 0 heterocycles. The van der Waals surface area contributed by atoms with Gasteiger partial charge in [0.25, 0.3) is 0 Å². The lowest BCUT2D eigenvalue weighted by molar-refractivity contribution is -0.122. The fraction of sp³-hybridized carbons (Fsp3) is 0.343. The molecule has 0 bridgehead atoms. The summed E-state index contributed by atoms with van der Waals surface area (Å²) >= 11 is 0. The van der Waals surface area contributed by atoms with E-state index in [1.165, 1.54) is 5.57 Å². The molecule has 0 aromatic heterocycles. The molecular formula is C35H42N2O2. The Morgan fingerprint density at radius 2 is 1.59 bits per heavy atom. The van der Waals surface area contributed by atoms with Gasteiger partial charge in [-0.1, -0.05) is 101 Å². The highest BCUT2D eigenvalue weighted by Gasteiger charge is 2.41. The number of benzene rings is 3. The molecule has 0 spiro atoms. The number of nitrogens with zero attached hydrogens (tertiary/aromatic N) is 1. The Hall–Kier alpha value is -3.79. The second kappa shape index (κ2) is 12.8. The molecule has 4 nitrogen and oxygen atoms in total. The summed E-state index contributed by atoms with van der Waals surface area (Å²) in [5.74, 6) is 1.86. The van der Waals surface area contributed by atoms with E-state index in [1.807, 2.05) is 48.5 Å². The SMILES string of the molecule is CC(C)C1=CC=CC(C(C)C)C1(C)NC(=O)CCN(c1ccccc1)c1cccc(OCc2ccccc2)c1. The fourth-order valence-electron chi connectivity index (χ4n) is 5.74. The molecule has 4 heteroatoms. The lowest BCUT2D eigenvalue weighted by atomic mass is 9.68. The second-order valence-corrected chi connectivity index (χ2v) is 11.2. The molecule has 2 atom stereocenters. The number of para-hydroxylation sites is 1. The van der Waals surface area contributed by atoms with Gasteiger partial charge in [0.15, 0.2) is 0 Å². The molecule has 0 fully saturated rings. The molecule has 2 unspecified atom stereocenters. The smallest absolute Gasteiger partial charge is 0.222 e. The van der Waals surface area contributed by atoms with Gasteiger partial charge < -0.3 is 15.0 Å². The summed E-state index contributed by atoms with van der Waals surface area (Å²) in [7, 11) is 0. The summed E-state index contributed by atoms with van der Waals surface area (Å²) in [6, 6.07) is 28.5. The maximum atomic E-state index is 13.5. The quantitative estimate of drug-likeness (QED) is 0.277. The Labute approximate surface area is 234 Å². The van der Waals surface area contributed by atoms with Gasteiger partial charge >= 0.3 is 0 Å². The first-order chi connectivity index (χ1) is 18.8. The van der Waals surface area contributed by atoms with E-state index in [9.17, 15) is 4.79 Å². The van der Waals surface area contributed by atoms with Crippen molar-refractivity contribution in [3.05, 3.63) is 114 Å². The van der Waals surface area contributed by atoms with Crippen LogP contribution in [0.3, 0.4) is 0 Å². The van der Waals surface area contributed by atoms with Crippen LogP contribution in [0.2, 0.25) is 0 Å². The van der Waals surface area contributed by atoms with E-state index in [4.69, 9.17) is 4.74 Å². The average Bonchev–Trinajstić information content (AvgIpc) is 2.93. The molecule has 0 saturated carbocycles. The highest BCUT2D eigenvalue weighted by molar-refractivity contribution is 5.79. The number of rotatable bonds is 11. The fourth-order valence-corrected chi connectivity index (χ4v) is 5.74. The van der Waals surface area contributed by atoms with Crippen LogP contribution in [-0.4, -0.2) is 18.0 Å². The first kappa shape index (κ1) is 28.2. The van der Waals surface area contributed by atoms with Crippen LogP contribution in [0.4, 0.5) is 11.4 Å². The monoisotopic (exact) mass is 522 g/mol. The zero-order valence-electron chi connectivity index (χ0n) is 23.9. The van der Waals surface area contributed by atoms with Crippen molar-refractivity contribution in [2.75, 3.05) is 11.4 Å². The lowest BCUT2D eigenvalue weighted by Crippen LogP contribution is -2.55. The first-order valence-electron chi connectivity index (χ1n) is 14.1. The van der Waals surface area contributed by atoms with Crippen LogP contribution in [0.25, 0.3) is 0 Å². The summed E-state index contributed by atoms with van der Waals surface area (Å²) < 4.78 is 6.11. The molecule has 204 valence electrons. The van der Waals surface area contributed by atoms with Crippen molar-refractivity contribution in [3.63, 3.8) is 0 Å². The number of ether oxygens (including phenoxy) is 1. The Balaban J connectivity index is 1.51. The Kier molecular flexibility index (Phi) is 9.29. The van der Waals surface area contributed by atoms with E-state index in [0.29, 0.717) is 31.4 Å². The van der Waals surface area contributed by atoms with Gasteiger partial charge in [0.1, 0.15) is 12.4 Å². The standard InChI is InChI=1S/C35H42N2O2/c1-26(2)32-20-13-21-33(27(3)4)35(32,5)36-34(38)22-23-37(29-16-10-7-11-17-29)30-18-12-19-31(24-30)39-25-28-14-8-6-9-15-28/h6-21,24,26-27,32H,22-23,25H2,1-5H3,(H,36,38). The Morgan fingerprint density at radius 1 is 0.923 bits per heavy atom. The zero-order valence-corrected chi connectivity index (χ0v) is 23.9. The van der Waals surface area contributed by atoms with Crippen LogP contribution < -0.4 is 15.0 Å². The number of carbonyl (C=O) groups is 1. The van der Waals surface area contributed by atoms with Crippen molar-refractivity contribution in [1.29, 1.82) is 0 Å². The van der Waals surface area contributed by atoms with Crippen LogP contribution in [-0.2, 0) is 11.4 Å². The zero-order chi connectivity index (χ0) is 27.8. The van der Waals surface area contributed by atoms with E-state index < -0.39 is 5.54 Å². The summed E-state index contributed by atoms with van der Waals surface area (Å²) in [6.45, 7) is 12.1. The van der Waals surface area contributed by atoms with Crippen LogP contribution in [0.1, 0.15) is 46.6 Å². The molecule has 39 heavy (non-hydrogen) atoms. The van der Waals surface area contributed by atoms with Crippen molar-refractivity contribution in [2.45, 2.75) is 53.2 Å². The minimum absolute atomic E-state index is 0.0578. The highest BCUT2D eigenvalue weighted by Crippen LogP contribution is 2.39. The van der Waals surface area contributed by atoms with Gasteiger partial charge in [-0.2, -0.15) is 0 Å². The number of anilines is 2. The topological polar surface area (TPSA) is 41.6 Å².